The first-order valence-electron chi connectivity index (χ1n) is 14.3. The van der Waals surface area contributed by atoms with Crippen LogP contribution < -0.4 is 10.1 Å². The van der Waals surface area contributed by atoms with Gasteiger partial charge in [-0.15, -0.1) is 0 Å². The van der Waals surface area contributed by atoms with Gasteiger partial charge in [-0.1, -0.05) is 30.5 Å². The summed E-state index contributed by atoms with van der Waals surface area (Å²) in [5, 5.41) is 5.74. The number of rotatable bonds is 8. The van der Waals surface area contributed by atoms with Crippen molar-refractivity contribution < 1.29 is 13.9 Å². The number of halogens is 1. The quantitative estimate of drug-likeness (QED) is 0.273. The molecule has 0 aliphatic carbocycles. The number of likely N-dealkylation sites (tertiary alicyclic amines) is 2. The normalized spacial score (nSPS) is 18.0. The van der Waals surface area contributed by atoms with E-state index in [-0.39, 0.29) is 11.9 Å². The van der Waals surface area contributed by atoms with Gasteiger partial charge in [0.15, 0.2) is 0 Å². The average Bonchev–Trinajstić information content (AvgIpc) is 3.47. The molecule has 0 bridgehead atoms. The van der Waals surface area contributed by atoms with Crippen LogP contribution in [0.2, 0.25) is 5.02 Å². The van der Waals surface area contributed by atoms with Crippen LogP contribution in [0, 0.1) is 0 Å². The second-order valence-corrected chi connectivity index (χ2v) is 11.4. The number of benzene rings is 2. The van der Waals surface area contributed by atoms with Crippen molar-refractivity contribution in [1.29, 1.82) is 0 Å². The van der Waals surface area contributed by atoms with Crippen molar-refractivity contribution in [3.63, 3.8) is 0 Å². The Kier molecular flexibility index (Phi) is 8.09. The van der Waals surface area contributed by atoms with Crippen LogP contribution in [0.15, 0.2) is 53.1 Å². The number of ether oxygens (including phenoxy) is 1. The van der Waals surface area contributed by atoms with E-state index in [0.717, 1.165) is 65.7 Å². The number of nitrogens with one attached hydrogen (secondary N) is 2. The Labute approximate surface area is 234 Å². The van der Waals surface area contributed by atoms with Crippen LogP contribution in [0.1, 0.15) is 54.6 Å². The van der Waals surface area contributed by atoms with Crippen molar-refractivity contribution in [1.82, 2.24) is 20.1 Å². The number of H-pyrrole nitrogens is 1. The molecule has 4 aromatic rings. The molecule has 8 heteroatoms. The van der Waals surface area contributed by atoms with Crippen LogP contribution >= 0.6 is 11.6 Å². The highest BCUT2D eigenvalue weighted by atomic mass is 35.5. The Morgan fingerprint density at radius 2 is 1.74 bits per heavy atom. The third-order valence-corrected chi connectivity index (χ3v) is 8.46. The van der Waals surface area contributed by atoms with E-state index in [1.54, 1.807) is 6.26 Å². The number of aromatic amines is 1. The molecule has 0 atom stereocenters. The zero-order valence-corrected chi connectivity index (χ0v) is 23.1. The Balaban J connectivity index is 1.03. The predicted octanol–water partition coefficient (Wildman–Crippen LogP) is 6.22. The lowest BCUT2D eigenvalue weighted by molar-refractivity contribution is 0.0902. The molecule has 2 saturated heterocycles. The van der Waals surface area contributed by atoms with E-state index >= 15 is 0 Å². The molecule has 2 aliphatic rings. The number of aromatic nitrogens is 1. The van der Waals surface area contributed by atoms with Crippen LogP contribution in [0.3, 0.4) is 0 Å². The Morgan fingerprint density at radius 1 is 0.974 bits per heavy atom. The summed E-state index contributed by atoms with van der Waals surface area (Å²) in [6, 6.07) is 13.5. The van der Waals surface area contributed by atoms with Gasteiger partial charge in [-0.2, -0.15) is 0 Å². The fraction of sp³-hybridized carbons (Fsp3) is 0.452. The lowest BCUT2D eigenvalue weighted by atomic mass is 10.0. The zero-order valence-electron chi connectivity index (χ0n) is 22.4. The van der Waals surface area contributed by atoms with Gasteiger partial charge in [-0.25, -0.2) is 0 Å². The van der Waals surface area contributed by atoms with E-state index in [2.05, 4.69) is 20.1 Å². The highest BCUT2D eigenvalue weighted by molar-refractivity contribution is 6.31. The Morgan fingerprint density at radius 3 is 2.54 bits per heavy atom. The number of amides is 1. The fourth-order valence-electron chi connectivity index (χ4n) is 5.90. The van der Waals surface area contributed by atoms with Crippen molar-refractivity contribution in [2.45, 2.75) is 51.2 Å². The summed E-state index contributed by atoms with van der Waals surface area (Å²) in [5.74, 6) is 0.660. The van der Waals surface area contributed by atoms with E-state index in [1.165, 1.54) is 45.3 Å². The first-order chi connectivity index (χ1) is 19.1. The maximum absolute atomic E-state index is 13.1. The molecule has 2 N–H and O–H groups in total. The Bertz CT molecular complexity index is 1410. The van der Waals surface area contributed by atoms with E-state index in [0.29, 0.717) is 17.3 Å². The van der Waals surface area contributed by atoms with Gasteiger partial charge in [-0.05, 0) is 75.2 Å². The summed E-state index contributed by atoms with van der Waals surface area (Å²) in [7, 11) is 0. The molecular formula is C31H37ClN4O3. The maximum atomic E-state index is 13.1. The van der Waals surface area contributed by atoms with Gasteiger partial charge in [0.2, 0.25) is 0 Å². The van der Waals surface area contributed by atoms with Gasteiger partial charge in [-0.3, -0.25) is 4.79 Å². The molecule has 0 saturated carbocycles. The molecule has 7 nitrogen and oxygen atoms in total. The van der Waals surface area contributed by atoms with Gasteiger partial charge < -0.3 is 29.3 Å². The fourth-order valence-corrected chi connectivity index (χ4v) is 6.08. The molecule has 206 valence electrons. The third-order valence-electron chi connectivity index (χ3n) is 8.22. The summed E-state index contributed by atoms with van der Waals surface area (Å²) in [6.45, 7) is 7.22. The van der Waals surface area contributed by atoms with Crippen molar-refractivity contribution in [2.75, 3.05) is 39.3 Å². The molecule has 4 heterocycles. The van der Waals surface area contributed by atoms with E-state index in [1.807, 2.05) is 42.5 Å². The number of furan rings is 1. The standard InChI is InChI=1S/C31H37ClN4O3/c32-23-8-9-30-25(18-23)22(21-39-30)20-38-29-7-5-6-27-26(29)19-28(34-27)31(37)33-24-10-14-36(15-11-24)17-16-35-12-3-1-2-4-13-35/h5-9,18-19,21,24,34H,1-4,10-17,20H2,(H,33,37). The topological polar surface area (TPSA) is 73.7 Å². The highest BCUT2D eigenvalue weighted by Crippen LogP contribution is 2.30. The first-order valence-corrected chi connectivity index (χ1v) is 14.7. The molecule has 0 spiro atoms. The molecular weight excluding hydrogens is 512 g/mol. The summed E-state index contributed by atoms with van der Waals surface area (Å²) in [6.07, 6.45) is 9.12. The molecule has 2 aliphatic heterocycles. The molecule has 0 unspecified atom stereocenters. The third kappa shape index (κ3) is 6.26. The molecule has 2 aromatic carbocycles. The molecule has 39 heavy (non-hydrogen) atoms. The van der Waals surface area contributed by atoms with Crippen molar-refractivity contribution in [2.24, 2.45) is 0 Å². The maximum Gasteiger partial charge on any atom is 0.267 e. The second kappa shape index (κ2) is 12.0. The van der Waals surface area contributed by atoms with Crippen LogP contribution in [-0.4, -0.2) is 66.0 Å². The van der Waals surface area contributed by atoms with Crippen molar-refractivity contribution in [3.05, 3.63) is 65.0 Å². The predicted molar refractivity (Wildman–Crippen MR) is 156 cm³/mol. The van der Waals surface area contributed by atoms with Crippen LogP contribution in [-0.2, 0) is 6.61 Å². The van der Waals surface area contributed by atoms with Gasteiger partial charge in [0.05, 0.1) is 6.26 Å². The van der Waals surface area contributed by atoms with Crippen molar-refractivity contribution >= 4 is 39.4 Å². The first kappa shape index (κ1) is 26.2. The molecule has 0 radical (unpaired) electrons. The summed E-state index contributed by atoms with van der Waals surface area (Å²) in [5.41, 5.74) is 3.14. The lowest BCUT2D eigenvalue weighted by Gasteiger charge is -2.33. The summed E-state index contributed by atoms with van der Waals surface area (Å²) >= 11 is 6.17. The van der Waals surface area contributed by atoms with E-state index < -0.39 is 0 Å². The number of carbonyl (C=O) groups is 1. The van der Waals surface area contributed by atoms with Crippen LogP contribution in [0.5, 0.6) is 5.75 Å². The lowest BCUT2D eigenvalue weighted by Crippen LogP contribution is -2.46. The minimum atomic E-state index is -0.0596. The SMILES string of the molecule is O=C(NC1CCN(CCN2CCCCCC2)CC1)c1cc2c(OCc3coc4ccc(Cl)cc34)cccc2[nH]1. The van der Waals surface area contributed by atoms with E-state index in [4.69, 9.17) is 20.8 Å². The monoisotopic (exact) mass is 548 g/mol. The summed E-state index contributed by atoms with van der Waals surface area (Å²) < 4.78 is 11.8. The van der Waals surface area contributed by atoms with Crippen molar-refractivity contribution in [3.8, 4) is 5.75 Å². The largest absolute Gasteiger partial charge is 0.488 e. The zero-order chi connectivity index (χ0) is 26.6. The smallest absolute Gasteiger partial charge is 0.267 e. The molecule has 2 aromatic heterocycles. The summed E-state index contributed by atoms with van der Waals surface area (Å²) in [4.78, 5) is 21.6. The van der Waals surface area contributed by atoms with Crippen LogP contribution in [0.25, 0.3) is 21.9 Å². The molecule has 6 rings (SSSR count). The van der Waals surface area contributed by atoms with Gasteiger partial charge >= 0.3 is 0 Å². The van der Waals surface area contributed by atoms with Crippen LogP contribution in [0.4, 0.5) is 0 Å². The highest BCUT2D eigenvalue weighted by Gasteiger charge is 2.23. The van der Waals surface area contributed by atoms with Gasteiger partial charge in [0.25, 0.3) is 5.91 Å². The Hall–Kier alpha value is -3.00. The molecule has 2 fully saturated rings. The average molecular weight is 549 g/mol. The number of nitrogens with zero attached hydrogens (tertiary/aromatic N) is 2. The van der Waals surface area contributed by atoms with E-state index in [9.17, 15) is 4.79 Å². The van der Waals surface area contributed by atoms with Gasteiger partial charge in [0.1, 0.15) is 23.6 Å². The number of hydrogen-bond donors (Lipinski definition) is 2. The minimum Gasteiger partial charge on any atom is -0.488 e. The van der Waals surface area contributed by atoms with Gasteiger partial charge in [0, 0.05) is 59.1 Å². The molecule has 1 amide bonds. The minimum absolute atomic E-state index is 0.0596. The second-order valence-electron chi connectivity index (χ2n) is 10.9. The number of hydrogen-bond acceptors (Lipinski definition) is 5. The number of fused-ring (bicyclic) bond motifs is 2. The number of piperidine rings is 1. The number of carbonyl (C=O) groups excluding carboxylic acids is 1.